The molecule has 88 valence electrons. The second-order valence-electron chi connectivity index (χ2n) is 4.21. The number of aliphatic hydroxyl groups is 1. The zero-order chi connectivity index (χ0) is 11.5. The average molecular weight is 302 g/mol. The molecule has 2 atom stereocenters. The minimum absolute atomic E-state index is 0.119. The van der Waals surface area contributed by atoms with Crippen LogP contribution in [0.5, 0.6) is 0 Å². The first-order valence-electron chi connectivity index (χ1n) is 5.49. The molecule has 1 aromatic carbocycles. The Morgan fingerprint density at radius 2 is 2.00 bits per heavy atom. The zero-order valence-corrected chi connectivity index (χ0v) is 11.4. The zero-order valence-electron chi connectivity index (χ0n) is 8.97. The van der Waals surface area contributed by atoms with E-state index in [4.69, 9.17) is 5.73 Å². The first-order chi connectivity index (χ1) is 7.70. The van der Waals surface area contributed by atoms with E-state index in [9.17, 15) is 5.11 Å². The van der Waals surface area contributed by atoms with E-state index in [1.807, 2.05) is 12.1 Å². The Morgan fingerprint density at radius 3 is 2.50 bits per heavy atom. The van der Waals surface area contributed by atoms with Gasteiger partial charge in [0.15, 0.2) is 0 Å². The van der Waals surface area contributed by atoms with E-state index < -0.39 is 0 Å². The summed E-state index contributed by atoms with van der Waals surface area (Å²) < 4.78 is 1.07. The van der Waals surface area contributed by atoms with Gasteiger partial charge < -0.3 is 10.8 Å². The Morgan fingerprint density at radius 1 is 1.38 bits per heavy atom. The lowest BCUT2D eigenvalue weighted by molar-refractivity contribution is 0.277. The maximum absolute atomic E-state index is 9.38. The summed E-state index contributed by atoms with van der Waals surface area (Å²) in [6.45, 7) is 0.151. The van der Waals surface area contributed by atoms with Gasteiger partial charge in [-0.2, -0.15) is 0 Å². The van der Waals surface area contributed by atoms with Gasteiger partial charge in [0.2, 0.25) is 0 Å². The predicted octanol–water partition coefficient (Wildman–Crippen LogP) is 2.64. The molecule has 0 spiro atoms. The molecule has 1 aliphatic carbocycles. The normalized spacial score (nSPS) is 19.4. The standard InChI is InChI=1S/C12H16BrNOS/c13-9-3-5-10(6-4-9)16-11(7-15)12(14)8-1-2-8/h3-6,8,11-12,15H,1-2,7,14H2. The molecule has 4 heteroatoms. The smallest absolute Gasteiger partial charge is 0.0568 e. The lowest BCUT2D eigenvalue weighted by atomic mass is 10.1. The van der Waals surface area contributed by atoms with E-state index in [0.717, 1.165) is 4.47 Å². The number of aliphatic hydroxyl groups excluding tert-OH is 1. The summed E-state index contributed by atoms with van der Waals surface area (Å²) in [5.41, 5.74) is 6.12. The fourth-order valence-electron chi connectivity index (χ4n) is 1.71. The topological polar surface area (TPSA) is 46.2 Å². The molecule has 1 aliphatic rings. The molecule has 0 bridgehead atoms. The van der Waals surface area contributed by atoms with Crippen LogP contribution >= 0.6 is 27.7 Å². The van der Waals surface area contributed by atoms with E-state index >= 15 is 0 Å². The quantitative estimate of drug-likeness (QED) is 0.822. The number of nitrogens with two attached hydrogens (primary N) is 1. The number of hydrogen-bond donors (Lipinski definition) is 2. The van der Waals surface area contributed by atoms with Gasteiger partial charge in [-0.05, 0) is 43.0 Å². The van der Waals surface area contributed by atoms with E-state index in [-0.39, 0.29) is 17.9 Å². The van der Waals surface area contributed by atoms with Gasteiger partial charge in [0.05, 0.1) is 6.61 Å². The van der Waals surface area contributed by atoms with Crippen molar-refractivity contribution in [2.24, 2.45) is 11.7 Å². The molecule has 0 amide bonds. The van der Waals surface area contributed by atoms with Crippen LogP contribution in [0.25, 0.3) is 0 Å². The Labute approximate surface area is 109 Å². The molecule has 2 unspecified atom stereocenters. The highest BCUT2D eigenvalue weighted by Gasteiger charge is 2.34. The molecule has 2 nitrogen and oxygen atoms in total. The van der Waals surface area contributed by atoms with Crippen LogP contribution in [0.4, 0.5) is 0 Å². The van der Waals surface area contributed by atoms with Gasteiger partial charge in [-0.1, -0.05) is 15.9 Å². The van der Waals surface area contributed by atoms with Crippen LogP contribution in [-0.2, 0) is 0 Å². The first kappa shape index (κ1) is 12.4. The van der Waals surface area contributed by atoms with Crippen molar-refractivity contribution in [3.8, 4) is 0 Å². The Bertz CT molecular complexity index is 339. The third-order valence-electron chi connectivity index (χ3n) is 2.88. The molecule has 1 saturated carbocycles. The lowest BCUT2D eigenvalue weighted by Gasteiger charge is -2.21. The van der Waals surface area contributed by atoms with Crippen molar-refractivity contribution in [1.82, 2.24) is 0 Å². The summed E-state index contributed by atoms with van der Waals surface area (Å²) in [5, 5.41) is 9.50. The maximum Gasteiger partial charge on any atom is 0.0568 e. The third-order valence-corrected chi connectivity index (χ3v) is 4.72. The molecule has 0 aromatic heterocycles. The summed E-state index contributed by atoms with van der Waals surface area (Å²) >= 11 is 5.09. The number of thioether (sulfide) groups is 1. The van der Waals surface area contributed by atoms with Gasteiger partial charge >= 0.3 is 0 Å². The highest BCUT2D eigenvalue weighted by molar-refractivity contribution is 9.10. The molecule has 0 aliphatic heterocycles. The van der Waals surface area contributed by atoms with Crippen molar-refractivity contribution in [1.29, 1.82) is 0 Å². The minimum Gasteiger partial charge on any atom is -0.395 e. The van der Waals surface area contributed by atoms with Crippen molar-refractivity contribution in [2.75, 3.05) is 6.61 Å². The van der Waals surface area contributed by atoms with Crippen LogP contribution in [0.15, 0.2) is 33.6 Å². The van der Waals surface area contributed by atoms with Crippen molar-refractivity contribution in [3.63, 3.8) is 0 Å². The third kappa shape index (κ3) is 3.23. The lowest BCUT2D eigenvalue weighted by Crippen LogP contribution is -2.36. The SMILES string of the molecule is NC(C1CC1)C(CO)Sc1ccc(Br)cc1. The Hall–Kier alpha value is -0.0300. The van der Waals surface area contributed by atoms with Crippen molar-refractivity contribution in [3.05, 3.63) is 28.7 Å². The fraction of sp³-hybridized carbons (Fsp3) is 0.500. The van der Waals surface area contributed by atoms with Gasteiger partial charge in [-0.15, -0.1) is 11.8 Å². The van der Waals surface area contributed by atoms with Gasteiger partial charge in [-0.3, -0.25) is 0 Å². The largest absolute Gasteiger partial charge is 0.395 e. The fourth-order valence-corrected chi connectivity index (χ4v) is 3.07. The molecular weight excluding hydrogens is 286 g/mol. The van der Waals surface area contributed by atoms with Crippen LogP contribution in [0.1, 0.15) is 12.8 Å². The number of rotatable bonds is 5. The van der Waals surface area contributed by atoms with Crippen molar-refractivity contribution in [2.45, 2.75) is 29.0 Å². The highest BCUT2D eigenvalue weighted by atomic mass is 79.9. The molecule has 0 radical (unpaired) electrons. The van der Waals surface area contributed by atoms with Gasteiger partial charge in [0, 0.05) is 20.7 Å². The monoisotopic (exact) mass is 301 g/mol. The van der Waals surface area contributed by atoms with Crippen molar-refractivity contribution < 1.29 is 5.11 Å². The van der Waals surface area contributed by atoms with Crippen molar-refractivity contribution >= 4 is 27.7 Å². The summed E-state index contributed by atoms with van der Waals surface area (Å²) in [7, 11) is 0. The summed E-state index contributed by atoms with van der Waals surface area (Å²) in [5.74, 6) is 0.625. The molecule has 16 heavy (non-hydrogen) atoms. The van der Waals surface area contributed by atoms with E-state index in [1.54, 1.807) is 11.8 Å². The average Bonchev–Trinajstić information content (AvgIpc) is 3.11. The highest BCUT2D eigenvalue weighted by Crippen LogP contribution is 2.37. The molecule has 1 aromatic rings. The van der Waals surface area contributed by atoms with Gasteiger partial charge in [0.25, 0.3) is 0 Å². The van der Waals surface area contributed by atoms with Crippen LogP contribution in [0.2, 0.25) is 0 Å². The number of benzene rings is 1. The molecule has 0 saturated heterocycles. The summed E-state index contributed by atoms with van der Waals surface area (Å²) in [4.78, 5) is 1.17. The van der Waals surface area contributed by atoms with Crippen LogP contribution in [0, 0.1) is 5.92 Å². The minimum atomic E-state index is 0.119. The molecule has 3 N–H and O–H groups in total. The maximum atomic E-state index is 9.38. The van der Waals surface area contributed by atoms with Gasteiger partial charge in [-0.25, -0.2) is 0 Å². The second-order valence-corrected chi connectivity index (χ2v) is 6.44. The number of hydrogen-bond acceptors (Lipinski definition) is 3. The van der Waals surface area contributed by atoms with Crippen LogP contribution < -0.4 is 5.73 Å². The molecular formula is C12H16BrNOS. The Balaban J connectivity index is 1.97. The number of halogens is 1. The molecule has 0 heterocycles. The molecule has 1 fully saturated rings. The van der Waals surface area contributed by atoms with E-state index in [1.165, 1.54) is 17.7 Å². The summed E-state index contributed by atoms with van der Waals surface area (Å²) in [6, 6.07) is 8.26. The van der Waals surface area contributed by atoms with Crippen LogP contribution in [-0.4, -0.2) is 23.0 Å². The summed E-state index contributed by atoms with van der Waals surface area (Å²) in [6.07, 6.45) is 2.44. The predicted molar refractivity (Wildman–Crippen MR) is 71.6 cm³/mol. The second kappa shape index (κ2) is 5.54. The Kier molecular flexibility index (Phi) is 4.30. The molecule has 2 rings (SSSR count). The van der Waals surface area contributed by atoms with Crippen LogP contribution in [0.3, 0.4) is 0 Å². The van der Waals surface area contributed by atoms with Gasteiger partial charge in [0.1, 0.15) is 0 Å². The first-order valence-corrected chi connectivity index (χ1v) is 7.16. The van der Waals surface area contributed by atoms with E-state index in [0.29, 0.717) is 5.92 Å². The van der Waals surface area contributed by atoms with E-state index in [2.05, 4.69) is 28.1 Å².